The number of allylic oxidation sites excluding steroid dienone is 5. The Bertz CT molecular complexity index is 1670. The third-order valence-electron chi connectivity index (χ3n) is 9.56. The molecule has 0 bridgehead atoms. The topological polar surface area (TPSA) is 0 Å². The summed E-state index contributed by atoms with van der Waals surface area (Å²) < 4.78 is 0. The zero-order chi connectivity index (χ0) is 30.1. The molecule has 42 heavy (non-hydrogen) atoms. The minimum Gasteiger partial charge on any atom is -0.0949 e. The highest BCUT2D eigenvalue weighted by Gasteiger charge is 2.37. The van der Waals surface area contributed by atoms with Crippen molar-refractivity contribution in [1.29, 1.82) is 0 Å². The molecule has 0 saturated carbocycles. The molecule has 0 atom stereocenters. The van der Waals surface area contributed by atoms with Crippen LogP contribution >= 0.6 is 0 Å². The van der Waals surface area contributed by atoms with Crippen molar-refractivity contribution in [3.05, 3.63) is 160 Å². The first-order valence-electron chi connectivity index (χ1n) is 15.5. The number of hydrogen-bond acceptors (Lipinski definition) is 0. The molecular weight excluding hydrogens is 504 g/mol. The van der Waals surface area contributed by atoms with Gasteiger partial charge in [0.1, 0.15) is 0 Å². The highest BCUT2D eigenvalue weighted by molar-refractivity contribution is 5.86. The second kappa shape index (κ2) is 11.8. The van der Waals surface area contributed by atoms with Crippen LogP contribution < -0.4 is 0 Å². The number of rotatable bonds is 3. The Morgan fingerprint density at radius 3 is 1.98 bits per heavy atom. The zero-order valence-corrected chi connectivity index (χ0v) is 26.6. The van der Waals surface area contributed by atoms with Crippen molar-refractivity contribution in [3.63, 3.8) is 0 Å². The Kier molecular flexibility index (Phi) is 8.29. The first kappa shape index (κ1) is 29.6. The van der Waals surface area contributed by atoms with Crippen molar-refractivity contribution < 1.29 is 0 Å². The molecule has 0 heteroatoms. The Labute approximate surface area is 254 Å². The van der Waals surface area contributed by atoms with Gasteiger partial charge in [-0.1, -0.05) is 151 Å². The van der Waals surface area contributed by atoms with E-state index in [0.29, 0.717) is 0 Å². The van der Waals surface area contributed by atoms with E-state index in [0.717, 1.165) is 12.0 Å². The zero-order valence-electron chi connectivity index (χ0n) is 26.6. The summed E-state index contributed by atoms with van der Waals surface area (Å²) in [5.74, 6) is 0. The number of aryl methyl sites for hydroxylation is 1. The normalized spacial score (nSPS) is 18.8. The van der Waals surface area contributed by atoms with E-state index in [2.05, 4.69) is 158 Å². The van der Waals surface area contributed by atoms with Crippen LogP contribution in [0.1, 0.15) is 86.9 Å². The summed E-state index contributed by atoms with van der Waals surface area (Å²) in [7, 11) is 0. The number of benzene rings is 4. The molecule has 0 N–H and O–H groups in total. The highest BCUT2D eigenvalue weighted by atomic mass is 14.4. The lowest BCUT2D eigenvalue weighted by Gasteiger charge is -2.29. The minimum atomic E-state index is -0.0978. The second-order valence-electron chi connectivity index (χ2n) is 13.0. The van der Waals surface area contributed by atoms with Crippen molar-refractivity contribution in [3.8, 4) is 11.1 Å². The van der Waals surface area contributed by atoms with Gasteiger partial charge < -0.3 is 0 Å². The summed E-state index contributed by atoms with van der Waals surface area (Å²) in [5, 5.41) is 0. The summed E-state index contributed by atoms with van der Waals surface area (Å²) in [6.45, 7) is 20.6. The Balaban J connectivity index is 0.000000336. The van der Waals surface area contributed by atoms with Crippen LogP contribution in [0.5, 0.6) is 0 Å². The van der Waals surface area contributed by atoms with Gasteiger partial charge in [-0.15, -0.1) is 0 Å². The van der Waals surface area contributed by atoms with E-state index < -0.39 is 0 Å². The van der Waals surface area contributed by atoms with Crippen LogP contribution in [-0.4, -0.2) is 0 Å². The molecule has 6 rings (SSSR count). The van der Waals surface area contributed by atoms with E-state index in [4.69, 9.17) is 0 Å². The van der Waals surface area contributed by atoms with Gasteiger partial charge in [0.25, 0.3) is 0 Å². The van der Waals surface area contributed by atoms with E-state index >= 15 is 0 Å². The molecule has 0 unspecified atom stereocenters. The van der Waals surface area contributed by atoms with Gasteiger partial charge in [0, 0.05) is 10.8 Å². The third-order valence-corrected chi connectivity index (χ3v) is 9.56. The van der Waals surface area contributed by atoms with Gasteiger partial charge in [-0.05, 0) is 93.5 Å². The lowest BCUT2D eigenvalue weighted by molar-refractivity contribution is 0.635. The van der Waals surface area contributed by atoms with Gasteiger partial charge in [-0.25, -0.2) is 0 Å². The van der Waals surface area contributed by atoms with Crippen molar-refractivity contribution in [2.75, 3.05) is 0 Å². The monoisotopic (exact) mass is 550 g/mol. The molecule has 214 valence electrons. The molecule has 0 amide bonds. The maximum absolute atomic E-state index is 4.44. The number of fused-ring (bicyclic) bond motifs is 4. The molecule has 0 spiro atoms. The molecule has 4 aromatic rings. The lowest BCUT2D eigenvalue weighted by Crippen LogP contribution is -2.20. The summed E-state index contributed by atoms with van der Waals surface area (Å²) in [4.78, 5) is 0. The van der Waals surface area contributed by atoms with Crippen LogP contribution in [0.4, 0.5) is 0 Å². The van der Waals surface area contributed by atoms with E-state index in [1.54, 1.807) is 0 Å². The average molecular weight is 551 g/mol. The fourth-order valence-corrected chi connectivity index (χ4v) is 7.03. The summed E-state index contributed by atoms with van der Waals surface area (Å²) in [6, 6.07) is 33.1. The first-order chi connectivity index (χ1) is 20.1. The molecule has 2 aliphatic carbocycles. The summed E-state index contributed by atoms with van der Waals surface area (Å²) >= 11 is 0. The molecule has 0 aromatic heterocycles. The van der Waals surface area contributed by atoms with Gasteiger partial charge in [-0.2, -0.15) is 0 Å². The molecule has 0 aliphatic heterocycles. The highest BCUT2D eigenvalue weighted by Crippen LogP contribution is 2.51. The molecule has 0 nitrogen and oxygen atoms in total. The van der Waals surface area contributed by atoms with E-state index in [-0.39, 0.29) is 10.8 Å². The van der Waals surface area contributed by atoms with Crippen LogP contribution in [0, 0.1) is 6.92 Å². The van der Waals surface area contributed by atoms with Gasteiger partial charge in [0.05, 0.1) is 0 Å². The Morgan fingerprint density at radius 1 is 0.643 bits per heavy atom. The van der Waals surface area contributed by atoms with Crippen molar-refractivity contribution in [1.82, 2.24) is 0 Å². The van der Waals surface area contributed by atoms with E-state index in [1.165, 1.54) is 74.1 Å². The van der Waals surface area contributed by atoms with Crippen LogP contribution in [0.15, 0.2) is 121 Å². The SMILES string of the molecule is C=C1/C=C\C(C)=C(\c2ccc3c(c2C)C(C)(C)c2ccccc2-3)Cc2ccccc2C1(C)C.CCCc1ccccc1. The lowest BCUT2D eigenvalue weighted by atomic mass is 9.75. The predicted molar refractivity (Wildman–Crippen MR) is 183 cm³/mol. The minimum absolute atomic E-state index is 0.00299. The molecule has 0 radical (unpaired) electrons. The van der Waals surface area contributed by atoms with Crippen LogP contribution in [0.3, 0.4) is 0 Å². The third kappa shape index (κ3) is 5.36. The quantitative estimate of drug-likeness (QED) is 0.238. The number of hydrogen-bond donors (Lipinski definition) is 0. The smallest absolute Gasteiger partial charge is 0.0161 e. The van der Waals surface area contributed by atoms with Gasteiger partial charge >= 0.3 is 0 Å². The average Bonchev–Trinajstić information content (AvgIpc) is 3.24. The Hall–Kier alpha value is -3.90. The maximum atomic E-state index is 4.44. The standard InChI is InChI=1S/C33H34.C9H12/c1-21-16-17-22(2)32(4,5)29-14-10-8-12-24(29)20-28(21)25-18-19-27-26-13-9-11-15-30(26)33(6,7)31(27)23(25)3;1-2-6-9-7-4-3-5-8-9/h8-19H,2,20H2,1,3-7H3;3-5,7-8H,2,6H2,1H3/b17-16-,28-21+;. The molecule has 4 aromatic carbocycles. The van der Waals surface area contributed by atoms with Crippen LogP contribution in [0.25, 0.3) is 16.7 Å². The van der Waals surface area contributed by atoms with Crippen molar-refractivity contribution in [2.45, 2.75) is 78.6 Å². The fraction of sp³-hybridized carbons (Fsp3) is 0.286. The fourth-order valence-electron chi connectivity index (χ4n) is 7.03. The molecular formula is C42H46. The van der Waals surface area contributed by atoms with Crippen LogP contribution in [0.2, 0.25) is 0 Å². The van der Waals surface area contributed by atoms with Crippen LogP contribution in [-0.2, 0) is 23.7 Å². The molecule has 0 heterocycles. The van der Waals surface area contributed by atoms with Crippen molar-refractivity contribution >= 4 is 5.57 Å². The molecule has 0 fully saturated rings. The summed E-state index contributed by atoms with van der Waals surface area (Å²) in [5.41, 5.74) is 16.5. The van der Waals surface area contributed by atoms with Gasteiger partial charge in [0.15, 0.2) is 0 Å². The van der Waals surface area contributed by atoms with Gasteiger partial charge in [0.2, 0.25) is 0 Å². The largest absolute Gasteiger partial charge is 0.0949 e. The predicted octanol–water partition coefficient (Wildman–Crippen LogP) is 11.4. The van der Waals surface area contributed by atoms with E-state index in [9.17, 15) is 0 Å². The Morgan fingerprint density at radius 2 is 1.26 bits per heavy atom. The van der Waals surface area contributed by atoms with E-state index in [1.807, 2.05) is 0 Å². The second-order valence-corrected chi connectivity index (χ2v) is 13.0. The van der Waals surface area contributed by atoms with Crippen molar-refractivity contribution in [2.24, 2.45) is 0 Å². The molecule has 0 saturated heterocycles. The maximum Gasteiger partial charge on any atom is 0.0161 e. The van der Waals surface area contributed by atoms with Gasteiger partial charge in [-0.3, -0.25) is 0 Å². The first-order valence-corrected chi connectivity index (χ1v) is 15.5. The summed E-state index contributed by atoms with van der Waals surface area (Å²) in [6.07, 6.45) is 7.87. The molecule has 2 aliphatic rings.